The molecule has 164 valence electrons. The van der Waals surface area contributed by atoms with Gasteiger partial charge in [-0.3, -0.25) is 9.97 Å². The van der Waals surface area contributed by atoms with Crippen molar-refractivity contribution in [1.29, 1.82) is 0 Å². The maximum absolute atomic E-state index is 13.8. The van der Waals surface area contributed by atoms with Crippen LogP contribution in [0.2, 0.25) is 0 Å². The molecule has 0 spiro atoms. The summed E-state index contributed by atoms with van der Waals surface area (Å²) in [6, 6.07) is 18.0. The molecule has 33 heavy (non-hydrogen) atoms. The number of aromatic hydroxyl groups is 1. The van der Waals surface area contributed by atoms with E-state index in [0.29, 0.717) is 22.2 Å². The summed E-state index contributed by atoms with van der Waals surface area (Å²) in [5.74, 6) is -0.455. The van der Waals surface area contributed by atoms with E-state index < -0.39 is 0 Å². The van der Waals surface area contributed by atoms with Gasteiger partial charge in [0.1, 0.15) is 5.82 Å². The molecule has 7 heteroatoms. The number of rotatable bonds is 5. The van der Waals surface area contributed by atoms with Crippen LogP contribution < -0.4 is 0 Å². The quantitative estimate of drug-likeness (QED) is 0.370. The normalized spacial score (nSPS) is 12.2. The number of fused-ring (bicyclic) bond motifs is 2. The Morgan fingerprint density at radius 2 is 1.73 bits per heavy atom. The lowest BCUT2D eigenvalue weighted by atomic mass is 10.00. The first-order valence-corrected chi connectivity index (χ1v) is 10.5. The van der Waals surface area contributed by atoms with Crippen molar-refractivity contribution in [1.82, 2.24) is 19.9 Å². The Balaban J connectivity index is 1.70. The van der Waals surface area contributed by atoms with Crippen LogP contribution in [0.4, 0.5) is 10.1 Å². The zero-order valence-corrected chi connectivity index (χ0v) is 18.2. The molecular formula is C26H22FN5O. The van der Waals surface area contributed by atoms with Crippen LogP contribution in [0.15, 0.2) is 78.0 Å². The highest BCUT2D eigenvalue weighted by atomic mass is 19.1. The summed E-state index contributed by atoms with van der Waals surface area (Å²) in [7, 11) is 4.05. The topological polar surface area (TPSA) is 77.4 Å². The lowest BCUT2D eigenvalue weighted by Crippen LogP contribution is -2.10. The van der Waals surface area contributed by atoms with Gasteiger partial charge in [-0.15, -0.1) is 0 Å². The smallest absolute Gasteiger partial charge is 0.199 e. The minimum atomic E-state index is -0.383. The van der Waals surface area contributed by atoms with Gasteiger partial charge in [-0.05, 0) is 62.1 Å². The molecule has 0 saturated carbocycles. The summed E-state index contributed by atoms with van der Waals surface area (Å²) >= 11 is 0. The average molecular weight is 439 g/mol. The number of benzene rings is 3. The molecule has 0 aliphatic carbocycles. The van der Waals surface area contributed by atoms with Crippen molar-refractivity contribution in [2.75, 3.05) is 14.1 Å². The van der Waals surface area contributed by atoms with Crippen LogP contribution in [-0.4, -0.2) is 44.8 Å². The van der Waals surface area contributed by atoms with Gasteiger partial charge in [-0.25, -0.2) is 9.38 Å². The van der Waals surface area contributed by atoms with E-state index in [2.05, 4.69) is 19.9 Å². The molecule has 5 aromatic rings. The standard InChI is InChI=1S/C26H22FN5O/c1-32(2)15-16-3-7-19(8-4-16)30-25(17-5-10-21-23(13-17)29-12-11-28-21)24-20-9-6-18(27)14-22(20)31-26(24)33/h3-14,31,33H,15H2,1-2H3. The molecule has 0 saturated heterocycles. The Morgan fingerprint density at radius 1 is 0.970 bits per heavy atom. The molecule has 2 heterocycles. The van der Waals surface area contributed by atoms with Gasteiger partial charge in [0.2, 0.25) is 0 Å². The van der Waals surface area contributed by atoms with Gasteiger partial charge < -0.3 is 15.0 Å². The Kier molecular flexibility index (Phi) is 5.32. The second-order valence-electron chi connectivity index (χ2n) is 8.16. The first-order chi connectivity index (χ1) is 16.0. The fourth-order valence-electron chi connectivity index (χ4n) is 3.94. The average Bonchev–Trinajstić information content (AvgIpc) is 3.12. The predicted octanol–water partition coefficient (Wildman–Crippen LogP) is 5.19. The third-order valence-electron chi connectivity index (χ3n) is 5.40. The van der Waals surface area contributed by atoms with Gasteiger partial charge in [-0.1, -0.05) is 18.2 Å². The highest BCUT2D eigenvalue weighted by Crippen LogP contribution is 2.32. The summed E-state index contributed by atoms with van der Waals surface area (Å²) in [5.41, 5.74) is 5.71. The highest BCUT2D eigenvalue weighted by Gasteiger charge is 2.19. The lowest BCUT2D eigenvalue weighted by Gasteiger charge is -2.11. The number of H-pyrrole nitrogens is 1. The van der Waals surface area contributed by atoms with E-state index in [1.165, 1.54) is 17.7 Å². The number of hydrogen-bond acceptors (Lipinski definition) is 5. The SMILES string of the molecule is CN(C)Cc1ccc(N=C(c2ccc3nccnc3c2)c2c(O)[nH]c3cc(F)ccc23)cc1. The highest BCUT2D eigenvalue weighted by molar-refractivity contribution is 6.22. The van der Waals surface area contributed by atoms with E-state index in [4.69, 9.17) is 4.99 Å². The van der Waals surface area contributed by atoms with Crippen LogP contribution in [0.1, 0.15) is 16.7 Å². The van der Waals surface area contributed by atoms with Gasteiger partial charge in [0.25, 0.3) is 0 Å². The molecule has 0 aliphatic heterocycles. The van der Waals surface area contributed by atoms with Crippen LogP contribution >= 0.6 is 0 Å². The molecule has 0 fully saturated rings. The van der Waals surface area contributed by atoms with E-state index in [1.54, 1.807) is 18.5 Å². The van der Waals surface area contributed by atoms with Crippen LogP contribution in [0, 0.1) is 5.82 Å². The molecule has 5 rings (SSSR count). The van der Waals surface area contributed by atoms with Crippen molar-refractivity contribution in [2.24, 2.45) is 4.99 Å². The second kappa shape index (κ2) is 8.44. The van der Waals surface area contributed by atoms with Gasteiger partial charge in [0.15, 0.2) is 5.88 Å². The van der Waals surface area contributed by atoms with E-state index in [-0.39, 0.29) is 11.7 Å². The third kappa shape index (κ3) is 4.18. The fraction of sp³-hybridized carbons (Fsp3) is 0.115. The summed E-state index contributed by atoms with van der Waals surface area (Å²) in [6.45, 7) is 0.828. The molecule has 0 atom stereocenters. The van der Waals surface area contributed by atoms with Crippen molar-refractivity contribution < 1.29 is 9.50 Å². The summed E-state index contributed by atoms with van der Waals surface area (Å²) in [6.07, 6.45) is 3.28. The molecule has 0 radical (unpaired) electrons. The molecule has 0 bridgehead atoms. The van der Waals surface area contributed by atoms with Crippen molar-refractivity contribution in [2.45, 2.75) is 6.54 Å². The molecule has 2 N–H and O–H groups in total. The van der Waals surface area contributed by atoms with Crippen LogP contribution in [0.3, 0.4) is 0 Å². The summed E-state index contributed by atoms with van der Waals surface area (Å²) < 4.78 is 13.8. The summed E-state index contributed by atoms with van der Waals surface area (Å²) in [5, 5.41) is 11.5. The Morgan fingerprint density at radius 3 is 2.48 bits per heavy atom. The van der Waals surface area contributed by atoms with E-state index in [0.717, 1.165) is 28.8 Å². The minimum Gasteiger partial charge on any atom is -0.494 e. The van der Waals surface area contributed by atoms with Crippen molar-refractivity contribution in [3.63, 3.8) is 0 Å². The van der Waals surface area contributed by atoms with Crippen molar-refractivity contribution in [3.8, 4) is 5.88 Å². The molecule has 2 aromatic heterocycles. The third-order valence-corrected chi connectivity index (χ3v) is 5.40. The maximum Gasteiger partial charge on any atom is 0.199 e. The number of hydrogen-bond donors (Lipinski definition) is 2. The molecular weight excluding hydrogens is 417 g/mol. The zero-order chi connectivity index (χ0) is 22.9. The van der Waals surface area contributed by atoms with E-state index >= 15 is 0 Å². The zero-order valence-electron chi connectivity index (χ0n) is 18.2. The van der Waals surface area contributed by atoms with Gasteiger partial charge in [0, 0.05) is 29.9 Å². The largest absolute Gasteiger partial charge is 0.494 e. The predicted molar refractivity (Wildman–Crippen MR) is 129 cm³/mol. The van der Waals surface area contributed by atoms with Gasteiger partial charge in [-0.2, -0.15) is 0 Å². The first-order valence-electron chi connectivity index (χ1n) is 10.5. The number of aliphatic imine (C=N–C) groups is 1. The maximum atomic E-state index is 13.8. The van der Waals surface area contributed by atoms with Crippen LogP contribution in [0.25, 0.3) is 21.9 Å². The number of nitrogens with one attached hydrogen (secondary N) is 1. The number of halogens is 1. The molecule has 6 nitrogen and oxygen atoms in total. The minimum absolute atomic E-state index is 0.0715. The van der Waals surface area contributed by atoms with E-state index in [9.17, 15) is 9.50 Å². The first kappa shape index (κ1) is 20.8. The van der Waals surface area contributed by atoms with Crippen LogP contribution in [-0.2, 0) is 6.54 Å². The fourth-order valence-corrected chi connectivity index (χ4v) is 3.94. The van der Waals surface area contributed by atoms with Crippen LogP contribution in [0.5, 0.6) is 5.88 Å². The van der Waals surface area contributed by atoms with E-state index in [1.807, 2.05) is 56.6 Å². The number of nitrogens with zero attached hydrogens (tertiary/aromatic N) is 4. The van der Waals surface area contributed by atoms with Gasteiger partial charge in [0.05, 0.1) is 33.5 Å². The molecule has 0 aliphatic rings. The molecule has 0 amide bonds. The van der Waals surface area contributed by atoms with Gasteiger partial charge >= 0.3 is 0 Å². The number of aromatic nitrogens is 3. The van der Waals surface area contributed by atoms with Crippen molar-refractivity contribution >= 4 is 33.3 Å². The van der Waals surface area contributed by atoms with Crippen molar-refractivity contribution in [3.05, 3.63) is 95.6 Å². The lowest BCUT2D eigenvalue weighted by molar-refractivity contribution is 0.402. The molecule has 0 unspecified atom stereocenters. The monoisotopic (exact) mass is 439 g/mol. The Hall–Kier alpha value is -4.10. The number of aromatic amines is 1. The molecule has 3 aromatic carbocycles. The Bertz CT molecular complexity index is 1490. The Labute approximate surface area is 190 Å². The second-order valence-corrected chi connectivity index (χ2v) is 8.16. The summed E-state index contributed by atoms with van der Waals surface area (Å²) in [4.78, 5) is 18.6.